The molecule has 0 aliphatic heterocycles. The summed E-state index contributed by atoms with van der Waals surface area (Å²) in [5, 5.41) is 5.99. The van der Waals surface area contributed by atoms with E-state index in [9.17, 15) is 14.4 Å². The number of amides is 2. The first kappa shape index (κ1) is 24.4. The van der Waals surface area contributed by atoms with E-state index < -0.39 is 0 Å². The molecule has 35 heavy (non-hydrogen) atoms. The fourth-order valence-corrected chi connectivity index (χ4v) is 4.54. The van der Waals surface area contributed by atoms with Crippen LogP contribution in [0.5, 0.6) is 0 Å². The Labute approximate surface area is 205 Å². The van der Waals surface area contributed by atoms with Gasteiger partial charge < -0.3 is 15.6 Å². The van der Waals surface area contributed by atoms with Gasteiger partial charge in [0.1, 0.15) is 0 Å². The van der Waals surface area contributed by atoms with Crippen LogP contribution in [0, 0.1) is 33.1 Å². The number of carbonyl (C=O) groups excluding carboxylic acids is 2. The number of nitrogens with zero attached hydrogens (tertiary/aromatic N) is 1. The molecule has 2 amide bonds. The zero-order chi connectivity index (χ0) is 25.3. The van der Waals surface area contributed by atoms with Crippen LogP contribution in [0.3, 0.4) is 0 Å². The van der Waals surface area contributed by atoms with Gasteiger partial charge in [-0.25, -0.2) is 0 Å². The predicted octanol–water partition coefficient (Wildman–Crippen LogP) is 4.73. The second kappa shape index (κ2) is 9.49. The van der Waals surface area contributed by atoms with Crippen LogP contribution in [0.1, 0.15) is 64.6 Å². The van der Waals surface area contributed by atoms with Gasteiger partial charge in [0, 0.05) is 51.9 Å². The van der Waals surface area contributed by atoms with Crippen LogP contribution in [-0.4, -0.2) is 21.8 Å². The topological polar surface area (TPSA) is 104 Å². The lowest BCUT2D eigenvalue weighted by atomic mass is 9.95. The summed E-state index contributed by atoms with van der Waals surface area (Å²) in [4.78, 5) is 45.9. The molecule has 0 saturated heterocycles. The Balaban J connectivity index is 1.70. The largest absolute Gasteiger partial charge is 0.348 e. The van der Waals surface area contributed by atoms with Crippen LogP contribution in [0.2, 0.25) is 0 Å². The molecule has 7 heteroatoms. The number of hydrogen-bond donors (Lipinski definition) is 3. The Morgan fingerprint density at radius 1 is 1.11 bits per heavy atom. The Morgan fingerprint density at radius 3 is 2.49 bits per heavy atom. The average Bonchev–Trinajstić information content (AvgIpc) is 3.61. The first-order valence-corrected chi connectivity index (χ1v) is 12.0. The lowest BCUT2D eigenvalue weighted by Crippen LogP contribution is -2.29. The number of benzene rings is 1. The molecule has 0 spiro atoms. The van der Waals surface area contributed by atoms with Crippen molar-refractivity contribution in [2.75, 3.05) is 5.32 Å². The fourth-order valence-electron chi connectivity index (χ4n) is 4.54. The van der Waals surface area contributed by atoms with Crippen LogP contribution in [0.15, 0.2) is 41.3 Å². The number of aromatic amines is 1. The van der Waals surface area contributed by atoms with Crippen molar-refractivity contribution in [3.8, 4) is 11.1 Å². The highest BCUT2D eigenvalue weighted by molar-refractivity contribution is 6.03. The van der Waals surface area contributed by atoms with Crippen molar-refractivity contribution in [2.24, 2.45) is 5.41 Å². The maximum absolute atomic E-state index is 13.3. The second-order valence-electron chi connectivity index (χ2n) is 9.55. The van der Waals surface area contributed by atoms with Crippen LogP contribution in [0.4, 0.5) is 5.69 Å². The van der Waals surface area contributed by atoms with Crippen molar-refractivity contribution >= 4 is 17.5 Å². The molecule has 7 nitrogen and oxygen atoms in total. The lowest BCUT2D eigenvalue weighted by molar-refractivity contribution is -0.121. The van der Waals surface area contributed by atoms with Gasteiger partial charge in [0.2, 0.25) is 5.91 Å². The van der Waals surface area contributed by atoms with Crippen LogP contribution >= 0.6 is 0 Å². The van der Waals surface area contributed by atoms with E-state index in [1.807, 2.05) is 65.0 Å². The molecule has 3 N–H and O–H groups in total. The summed E-state index contributed by atoms with van der Waals surface area (Å²) in [5.41, 5.74) is 5.87. The van der Waals surface area contributed by atoms with E-state index >= 15 is 0 Å². The number of nitrogens with one attached hydrogen (secondary N) is 3. The van der Waals surface area contributed by atoms with E-state index in [-0.39, 0.29) is 29.3 Å². The highest BCUT2D eigenvalue weighted by Crippen LogP contribution is 2.49. The number of H-pyrrole nitrogens is 1. The number of hydrogen-bond acceptors (Lipinski definition) is 4. The molecule has 1 aromatic carbocycles. The van der Waals surface area contributed by atoms with Gasteiger partial charge in [0.25, 0.3) is 11.5 Å². The summed E-state index contributed by atoms with van der Waals surface area (Å²) in [6.45, 7) is 9.57. The quantitative estimate of drug-likeness (QED) is 0.462. The standard InChI is InChI=1S/C28H32N4O3/c1-6-28(9-10-28)27(35)32-24-14-20(21-8-7-11-29-19(21)5)13-22(18(24)4)25(33)30-15-23-16(2)12-17(3)31-26(23)34/h7-8,11-14H,6,9-10,15H2,1-5H3,(H,30,33)(H,31,34)(H,32,35). The lowest BCUT2D eigenvalue weighted by Gasteiger charge is -2.19. The minimum absolute atomic E-state index is 0.00340. The van der Waals surface area contributed by atoms with Crippen molar-refractivity contribution < 1.29 is 9.59 Å². The highest BCUT2D eigenvalue weighted by Gasteiger charge is 2.48. The van der Waals surface area contributed by atoms with Gasteiger partial charge in [0.05, 0.1) is 0 Å². The third-order valence-corrected chi connectivity index (χ3v) is 7.15. The van der Waals surface area contributed by atoms with Crippen LogP contribution < -0.4 is 16.2 Å². The number of rotatable bonds is 7. The van der Waals surface area contributed by atoms with Gasteiger partial charge in [-0.3, -0.25) is 19.4 Å². The normalized spacial score (nSPS) is 13.9. The molecule has 3 aromatic rings. The van der Waals surface area contributed by atoms with E-state index in [1.54, 1.807) is 6.20 Å². The molecule has 1 aliphatic carbocycles. The van der Waals surface area contributed by atoms with Crippen molar-refractivity contribution in [3.05, 3.63) is 80.5 Å². The van der Waals surface area contributed by atoms with E-state index in [0.29, 0.717) is 22.4 Å². The van der Waals surface area contributed by atoms with Gasteiger partial charge in [0.15, 0.2) is 0 Å². The first-order chi connectivity index (χ1) is 16.6. The third kappa shape index (κ3) is 4.90. The van der Waals surface area contributed by atoms with Crippen molar-refractivity contribution in [2.45, 2.75) is 60.4 Å². The van der Waals surface area contributed by atoms with Crippen molar-refractivity contribution in [1.29, 1.82) is 0 Å². The summed E-state index contributed by atoms with van der Waals surface area (Å²) in [7, 11) is 0. The fraction of sp³-hybridized carbons (Fsp3) is 0.357. The first-order valence-electron chi connectivity index (χ1n) is 12.0. The number of carbonyl (C=O) groups is 2. The van der Waals surface area contributed by atoms with Crippen LogP contribution in [0.25, 0.3) is 11.1 Å². The molecule has 2 heterocycles. The highest BCUT2D eigenvalue weighted by atomic mass is 16.2. The molecule has 0 bridgehead atoms. The maximum atomic E-state index is 13.3. The summed E-state index contributed by atoms with van der Waals surface area (Å²) >= 11 is 0. The van der Waals surface area contributed by atoms with Gasteiger partial charge in [-0.15, -0.1) is 0 Å². The Kier molecular flexibility index (Phi) is 6.61. The minimum Gasteiger partial charge on any atom is -0.348 e. The SMILES string of the molecule is CCC1(C(=O)Nc2cc(-c3cccnc3C)cc(C(=O)NCc3c(C)cc(C)[nH]c3=O)c2C)CC1. The average molecular weight is 473 g/mol. The molecular formula is C28H32N4O3. The number of aryl methyl sites for hydroxylation is 3. The van der Waals surface area contributed by atoms with Gasteiger partial charge in [-0.2, -0.15) is 0 Å². The third-order valence-electron chi connectivity index (χ3n) is 7.15. The molecular weight excluding hydrogens is 440 g/mol. The summed E-state index contributed by atoms with van der Waals surface area (Å²) < 4.78 is 0. The van der Waals surface area contributed by atoms with E-state index in [0.717, 1.165) is 47.3 Å². The Morgan fingerprint density at radius 2 is 1.86 bits per heavy atom. The number of pyridine rings is 2. The second-order valence-corrected chi connectivity index (χ2v) is 9.55. The van der Waals surface area contributed by atoms with E-state index in [4.69, 9.17) is 0 Å². The number of anilines is 1. The predicted molar refractivity (Wildman–Crippen MR) is 137 cm³/mol. The summed E-state index contributed by atoms with van der Waals surface area (Å²) in [6, 6.07) is 9.42. The molecule has 0 radical (unpaired) electrons. The zero-order valence-corrected chi connectivity index (χ0v) is 21.0. The molecule has 0 unspecified atom stereocenters. The molecule has 2 aromatic heterocycles. The molecule has 1 aliphatic rings. The van der Waals surface area contributed by atoms with E-state index in [1.165, 1.54) is 0 Å². The van der Waals surface area contributed by atoms with Crippen molar-refractivity contribution in [1.82, 2.24) is 15.3 Å². The summed E-state index contributed by atoms with van der Waals surface area (Å²) in [6.07, 6.45) is 4.28. The number of aromatic nitrogens is 2. The Bertz CT molecular complexity index is 1370. The summed E-state index contributed by atoms with van der Waals surface area (Å²) in [5.74, 6) is -0.311. The van der Waals surface area contributed by atoms with Gasteiger partial charge in [-0.1, -0.05) is 13.0 Å². The Hall–Kier alpha value is -3.74. The molecule has 0 atom stereocenters. The van der Waals surface area contributed by atoms with E-state index in [2.05, 4.69) is 20.6 Å². The van der Waals surface area contributed by atoms with Gasteiger partial charge in [-0.05, 0) is 87.9 Å². The monoisotopic (exact) mass is 472 g/mol. The molecule has 1 fully saturated rings. The molecule has 1 saturated carbocycles. The van der Waals surface area contributed by atoms with Gasteiger partial charge >= 0.3 is 0 Å². The smallest absolute Gasteiger partial charge is 0.253 e. The molecule has 4 rings (SSSR count). The van der Waals surface area contributed by atoms with Crippen molar-refractivity contribution in [3.63, 3.8) is 0 Å². The maximum Gasteiger partial charge on any atom is 0.253 e. The van der Waals surface area contributed by atoms with Crippen LogP contribution in [-0.2, 0) is 11.3 Å². The molecule has 182 valence electrons. The zero-order valence-electron chi connectivity index (χ0n) is 21.0. The minimum atomic E-state index is -0.308.